The molecule has 0 aromatic rings. The highest BCUT2D eigenvalue weighted by molar-refractivity contribution is 9.10. The van der Waals surface area contributed by atoms with E-state index in [0.29, 0.717) is 12.3 Å². The molecule has 4 bridgehead atoms. The molecule has 5 unspecified atom stereocenters. The van der Waals surface area contributed by atoms with E-state index < -0.39 is 21.1 Å². The van der Waals surface area contributed by atoms with Crippen molar-refractivity contribution >= 4 is 33.4 Å². The van der Waals surface area contributed by atoms with Gasteiger partial charge in [-0.2, -0.15) is 0 Å². The van der Waals surface area contributed by atoms with E-state index >= 15 is 0 Å². The molecule has 0 radical (unpaired) electrons. The van der Waals surface area contributed by atoms with Gasteiger partial charge in [-0.15, -0.1) is 0 Å². The van der Waals surface area contributed by atoms with E-state index in [2.05, 4.69) is 41.9 Å². The van der Waals surface area contributed by atoms with Crippen LogP contribution in [0.15, 0.2) is 5.16 Å². The van der Waals surface area contributed by atoms with Gasteiger partial charge in [-0.3, -0.25) is 4.79 Å². The number of halogens is 1. The fourth-order valence-electron chi connectivity index (χ4n) is 6.65. The predicted octanol–water partition coefficient (Wildman–Crippen LogP) is 4.89. The molecule has 4 rings (SSSR count). The van der Waals surface area contributed by atoms with E-state index in [4.69, 9.17) is 4.84 Å². The highest BCUT2D eigenvalue weighted by atomic mass is 79.9. The molecule has 0 N–H and O–H groups in total. The van der Waals surface area contributed by atoms with Gasteiger partial charge in [-0.25, -0.2) is 4.79 Å². The van der Waals surface area contributed by atoms with Gasteiger partial charge in [0.2, 0.25) is 0 Å². The Kier molecular flexibility index (Phi) is 3.59. The summed E-state index contributed by atoms with van der Waals surface area (Å²) < 4.78 is 0. The van der Waals surface area contributed by atoms with Crippen molar-refractivity contribution in [2.75, 3.05) is 0 Å². The number of oxime groups is 1. The third kappa shape index (κ3) is 1.71. The Hall–Kier alpha value is -0.710. The summed E-state index contributed by atoms with van der Waals surface area (Å²) in [7, 11) is 0. The van der Waals surface area contributed by atoms with Crippen molar-refractivity contribution in [1.29, 1.82) is 0 Å². The molecule has 0 saturated heterocycles. The van der Waals surface area contributed by atoms with Gasteiger partial charge >= 0.3 is 5.97 Å². The third-order valence-electron chi connectivity index (χ3n) is 9.84. The lowest BCUT2D eigenvalue weighted by molar-refractivity contribution is -0.161. The number of rotatable bonds is 2. The Balaban J connectivity index is 1.63. The number of hydrogen-bond acceptors (Lipinski definition) is 4. The molecule has 4 aliphatic rings. The summed E-state index contributed by atoms with van der Waals surface area (Å²) >= 11 is 3.55. The number of Topliss-reactive ketones (excluding diaryl/α,β-unsaturated/α-hetero) is 1. The van der Waals surface area contributed by atoms with Crippen molar-refractivity contribution in [2.24, 2.45) is 38.1 Å². The largest absolute Gasteiger partial charge is 0.343 e. The number of nitrogens with zero attached hydrogens (tertiary/aromatic N) is 1. The summed E-state index contributed by atoms with van der Waals surface area (Å²) in [5, 5.41) is 4.41. The summed E-state index contributed by atoms with van der Waals surface area (Å²) in [5.74, 6) is 0.410. The smallest absolute Gasteiger partial charge is 0.318 e. The second-order valence-electron chi connectivity index (χ2n) is 10.6. The van der Waals surface area contributed by atoms with Crippen LogP contribution >= 0.6 is 15.9 Å². The Bertz CT molecular complexity index is 742. The van der Waals surface area contributed by atoms with Crippen LogP contribution in [0.1, 0.15) is 73.6 Å². The summed E-state index contributed by atoms with van der Waals surface area (Å²) in [5.41, 5.74) is -0.514. The fraction of sp³-hybridized carbons (Fsp3) is 0.857. The van der Waals surface area contributed by atoms with Crippen LogP contribution in [0.2, 0.25) is 0 Å². The molecule has 0 aromatic carbocycles. The summed E-state index contributed by atoms with van der Waals surface area (Å²) in [6.45, 7) is 12.9. The number of alkyl halides is 1. The van der Waals surface area contributed by atoms with E-state index in [1.807, 2.05) is 20.8 Å². The van der Waals surface area contributed by atoms with Gasteiger partial charge in [-0.1, -0.05) is 62.6 Å². The van der Waals surface area contributed by atoms with Crippen LogP contribution in [0.3, 0.4) is 0 Å². The van der Waals surface area contributed by atoms with Gasteiger partial charge in [-0.05, 0) is 48.9 Å². The zero-order chi connectivity index (χ0) is 19.3. The summed E-state index contributed by atoms with van der Waals surface area (Å²) in [4.78, 5) is 31.2. The minimum Gasteiger partial charge on any atom is -0.318 e. The number of carbonyl (C=O) groups excluding carboxylic acids is 2. The maximum Gasteiger partial charge on any atom is 0.343 e. The van der Waals surface area contributed by atoms with E-state index in [0.717, 1.165) is 25.0 Å². The van der Waals surface area contributed by atoms with Crippen LogP contribution < -0.4 is 0 Å². The average molecular weight is 424 g/mol. The van der Waals surface area contributed by atoms with E-state index in [-0.39, 0.29) is 22.6 Å². The Morgan fingerprint density at radius 1 is 1.08 bits per heavy atom. The van der Waals surface area contributed by atoms with Crippen LogP contribution in [-0.4, -0.2) is 22.3 Å². The molecular formula is C21H30BrNO3. The van der Waals surface area contributed by atoms with Gasteiger partial charge in [0.1, 0.15) is 0 Å². The van der Waals surface area contributed by atoms with E-state index in [9.17, 15) is 9.59 Å². The molecule has 0 amide bonds. The molecule has 144 valence electrons. The second kappa shape index (κ2) is 5.01. The molecule has 5 heteroatoms. The second-order valence-corrected chi connectivity index (χ2v) is 11.5. The van der Waals surface area contributed by atoms with Crippen LogP contribution in [-0.2, 0) is 14.4 Å². The molecular weight excluding hydrogens is 394 g/mol. The predicted molar refractivity (Wildman–Crippen MR) is 104 cm³/mol. The molecule has 4 aliphatic carbocycles. The van der Waals surface area contributed by atoms with Gasteiger partial charge in [0, 0.05) is 10.8 Å². The van der Waals surface area contributed by atoms with Gasteiger partial charge < -0.3 is 4.84 Å². The average Bonchev–Trinajstić information content (AvgIpc) is 3.04. The molecule has 0 aromatic heterocycles. The van der Waals surface area contributed by atoms with Crippen molar-refractivity contribution < 1.29 is 14.4 Å². The number of fused-ring (bicyclic) bond motifs is 4. The van der Waals surface area contributed by atoms with E-state index in [1.54, 1.807) is 0 Å². The topological polar surface area (TPSA) is 55.7 Å². The Morgan fingerprint density at radius 3 is 2.19 bits per heavy atom. The molecule has 4 nitrogen and oxygen atoms in total. The highest BCUT2D eigenvalue weighted by Crippen LogP contribution is 2.72. The molecule has 0 aliphatic heterocycles. The van der Waals surface area contributed by atoms with Crippen LogP contribution in [0, 0.1) is 33.0 Å². The van der Waals surface area contributed by atoms with Crippen molar-refractivity contribution in [3.8, 4) is 0 Å². The molecule has 0 spiro atoms. The van der Waals surface area contributed by atoms with Gasteiger partial charge in [0.05, 0.1) is 16.0 Å². The van der Waals surface area contributed by atoms with Crippen LogP contribution in [0.25, 0.3) is 0 Å². The Morgan fingerprint density at radius 2 is 1.73 bits per heavy atom. The molecule has 26 heavy (non-hydrogen) atoms. The van der Waals surface area contributed by atoms with Crippen molar-refractivity contribution in [2.45, 2.75) is 78.5 Å². The maximum atomic E-state index is 13.3. The summed E-state index contributed by atoms with van der Waals surface area (Å²) in [6.07, 6.45) is 4.66. The number of ketones is 1. The lowest BCUT2D eigenvalue weighted by Crippen LogP contribution is -2.45. The van der Waals surface area contributed by atoms with Gasteiger partial charge in [0.15, 0.2) is 5.78 Å². The van der Waals surface area contributed by atoms with Crippen molar-refractivity contribution in [3.05, 3.63) is 0 Å². The molecule has 0 heterocycles. The number of carbonyl (C=O) groups is 2. The fourth-order valence-corrected chi connectivity index (χ4v) is 8.14. The van der Waals surface area contributed by atoms with Crippen molar-refractivity contribution in [3.63, 3.8) is 0 Å². The first kappa shape index (κ1) is 18.6. The van der Waals surface area contributed by atoms with Crippen LogP contribution in [0.4, 0.5) is 0 Å². The quantitative estimate of drug-likeness (QED) is 0.360. The SMILES string of the molecule is CC12CCC(CC1=NOC(=O)C13CCC(C)(C(=O)C1Br)C3(C)C)C2(C)C. The van der Waals surface area contributed by atoms with Crippen molar-refractivity contribution in [1.82, 2.24) is 0 Å². The first-order valence-electron chi connectivity index (χ1n) is 9.83. The van der Waals surface area contributed by atoms with E-state index in [1.165, 1.54) is 6.42 Å². The standard InChI is InChI=1S/C21H30BrNO3/c1-17(2)12-7-8-19(17,5)13(11-12)23-26-16(25)21-10-9-20(6,18(21,3)4)15(24)14(21)22/h12,14H,7-11H2,1-6H3. The zero-order valence-corrected chi connectivity index (χ0v) is 18.3. The lowest BCUT2D eigenvalue weighted by atomic mass is 9.65. The zero-order valence-electron chi connectivity index (χ0n) is 16.7. The first-order chi connectivity index (χ1) is 11.9. The number of hydrogen-bond donors (Lipinski definition) is 0. The van der Waals surface area contributed by atoms with Crippen LogP contribution in [0.5, 0.6) is 0 Å². The molecule has 4 fully saturated rings. The first-order valence-corrected chi connectivity index (χ1v) is 10.7. The lowest BCUT2D eigenvalue weighted by Gasteiger charge is -2.38. The molecule has 5 atom stereocenters. The third-order valence-corrected chi connectivity index (χ3v) is 11.0. The van der Waals surface area contributed by atoms with Gasteiger partial charge in [0.25, 0.3) is 0 Å². The monoisotopic (exact) mass is 423 g/mol. The highest BCUT2D eigenvalue weighted by Gasteiger charge is 2.77. The maximum absolute atomic E-state index is 13.3. The normalized spacial score (nSPS) is 49.2. The minimum absolute atomic E-state index is 0.00855. The Labute approximate surface area is 164 Å². The molecule has 4 saturated carbocycles. The summed E-state index contributed by atoms with van der Waals surface area (Å²) in [6, 6.07) is 0. The minimum atomic E-state index is -0.822.